The quantitative estimate of drug-likeness (QED) is 0.809. The molecule has 1 aliphatic rings. The highest BCUT2D eigenvalue weighted by Gasteiger charge is 2.22. The zero-order valence-corrected chi connectivity index (χ0v) is 14.5. The Kier molecular flexibility index (Phi) is 5.07. The number of anilines is 1. The lowest BCUT2D eigenvalue weighted by molar-refractivity contribution is -0.134. The standard InChI is InChI=1S/C19H22N2O4/c1-14(17-5-4-12-24-17)20(2)19(23)13-25-16-9-7-15(8-10-16)21-11-3-6-18(21)22/h4-5,7-10,12,14H,3,6,11,13H2,1-2H3. The molecule has 2 heterocycles. The first-order valence-corrected chi connectivity index (χ1v) is 8.38. The molecule has 2 aromatic rings. The average Bonchev–Trinajstić information content (AvgIpc) is 3.30. The first-order valence-electron chi connectivity index (χ1n) is 8.38. The van der Waals surface area contributed by atoms with Crippen LogP contribution in [-0.2, 0) is 9.59 Å². The van der Waals surface area contributed by atoms with Gasteiger partial charge in [-0.1, -0.05) is 0 Å². The molecule has 1 aromatic heterocycles. The number of furan rings is 1. The van der Waals surface area contributed by atoms with Crippen LogP contribution >= 0.6 is 0 Å². The molecule has 0 aliphatic carbocycles. The van der Waals surface area contributed by atoms with Crippen LogP contribution in [0.1, 0.15) is 31.6 Å². The van der Waals surface area contributed by atoms with E-state index in [1.54, 1.807) is 41.3 Å². The molecule has 0 saturated carbocycles. The van der Waals surface area contributed by atoms with Crippen molar-refractivity contribution in [1.29, 1.82) is 0 Å². The van der Waals surface area contributed by atoms with Crippen LogP contribution in [-0.4, -0.2) is 36.9 Å². The minimum atomic E-state index is -0.158. The molecule has 1 fully saturated rings. The molecule has 1 aromatic carbocycles. The second kappa shape index (κ2) is 7.42. The Morgan fingerprint density at radius 3 is 2.68 bits per heavy atom. The van der Waals surface area contributed by atoms with Crippen molar-refractivity contribution in [3.05, 3.63) is 48.4 Å². The number of likely N-dealkylation sites (N-methyl/N-ethyl adjacent to an activating group) is 1. The van der Waals surface area contributed by atoms with Crippen LogP contribution in [0.3, 0.4) is 0 Å². The van der Waals surface area contributed by atoms with E-state index in [1.165, 1.54) is 0 Å². The Labute approximate surface area is 147 Å². The molecule has 0 bridgehead atoms. The summed E-state index contributed by atoms with van der Waals surface area (Å²) in [5.74, 6) is 1.35. The van der Waals surface area contributed by atoms with E-state index in [9.17, 15) is 9.59 Å². The summed E-state index contributed by atoms with van der Waals surface area (Å²) in [4.78, 5) is 27.4. The van der Waals surface area contributed by atoms with Crippen molar-refractivity contribution in [2.75, 3.05) is 25.1 Å². The molecule has 6 nitrogen and oxygen atoms in total. The van der Waals surface area contributed by atoms with Gasteiger partial charge in [-0.25, -0.2) is 0 Å². The third-order valence-corrected chi connectivity index (χ3v) is 4.51. The summed E-state index contributed by atoms with van der Waals surface area (Å²) in [6, 6.07) is 10.7. The van der Waals surface area contributed by atoms with E-state index in [-0.39, 0.29) is 24.5 Å². The summed E-state index contributed by atoms with van der Waals surface area (Å²) in [5, 5.41) is 0. The van der Waals surface area contributed by atoms with E-state index in [0.29, 0.717) is 12.2 Å². The van der Waals surface area contributed by atoms with Gasteiger partial charge in [0.05, 0.1) is 12.3 Å². The van der Waals surface area contributed by atoms with Gasteiger partial charge in [-0.3, -0.25) is 9.59 Å². The summed E-state index contributed by atoms with van der Waals surface area (Å²) < 4.78 is 10.9. The predicted octanol–water partition coefficient (Wildman–Crippen LogP) is 3.00. The van der Waals surface area contributed by atoms with Crippen LogP contribution in [0.5, 0.6) is 5.75 Å². The maximum atomic E-state index is 12.3. The van der Waals surface area contributed by atoms with Gasteiger partial charge in [0.1, 0.15) is 11.5 Å². The molecule has 2 amide bonds. The number of hydrogen-bond acceptors (Lipinski definition) is 4. The average molecular weight is 342 g/mol. The van der Waals surface area contributed by atoms with Crippen LogP contribution < -0.4 is 9.64 Å². The Morgan fingerprint density at radius 1 is 1.32 bits per heavy atom. The molecule has 0 radical (unpaired) electrons. The summed E-state index contributed by atoms with van der Waals surface area (Å²) in [5.41, 5.74) is 0.865. The third kappa shape index (κ3) is 3.84. The molecule has 0 spiro atoms. The smallest absolute Gasteiger partial charge is 0.260 e. The van der Waals surface area contributed by atoms with Crippen molar-refractivity contribution < 1.29 is 18.7 Å². The van der Waals surface area contributed by atoms with E-state index < -0.39 is 0 Å². The topological polar surface area (TPSA) is 63.0 Å². The minimum Gasteiger partial charge on any atom is -0.484 e. The normalized spacial score (nSPS) is 15.3. The number of carbonyl (C=O) groups is 2. The van der Waals surface area contributed by atoms with E-state index in [1.807, 2.05) is 25.1 Å². The van der Waals surface area contributed by atoms with Gasteiger partial charge in [0.15, 0.2) is 6.61 Å². The fourth-order valence-corrected chi connectivity index (χ4v) is 2.83. The van der Waals surface area contributed by atoms with Crippen molar-refractivity contribution in [1.82, 2.24) is 4.90 Å². The van der Waals surface area contributed by atoms with Crippen molar-refractivity contribution in [3.63, 3.8) is 0 Å². The first kappa shape index (κ1) is 17.1. The van der Waals surface area contributed by atoms with E-state index in [2.05, 4.69) is 0 Å². The van der Waals surface area contributed by atoms with Crippen LogP contribution in [0, 0.1) is 0 Å². The van der Waals surface area contributed by atoms with Gasteiger partial charge in [0, 0.05) is 25.7 Å². The number of benzene rings is 1. The third-order valence-electron chi connectivity index (χ3n) is 4.51. The molecular weight excluding hydrogens is 320 g/mol. The Bertz CT molecular complexity index is 724. The summed E-state index contributed by atoms with van der Waals surface area (Å²) in [6.07, 6.45) is 3.09. The molecule has 132 valence electrons. The van der Waals surface area contributed by atoms with Crippen molar-refractivity contribution in [3.8, 4) is 5.75 Å². The van der Waals surface area contributed by atoms with Gasteiger partial charge >= 0.3 is 0 Å². The monoisotopic (exact) mass is 342 g/mol. The van der Waals surface area contributed by atoms with Crippen LogP contribution in [0.4, 0.5) is 5.69 Å². The largest absolute Gasteiger partial charge is 0.484 e. The minimum absolute atomic E-state index is 0.0520. The van der Waals surface area contributed by atoms with Crippen molar-refractivity contribution in [2.24, 2.45) is 0 Å². The summed E-state index contributed by atoms with van der Waals surface area (Å²) in [7, 11) is 1.72. The van der Waals surface area contributed by atoms with Gasteiger partial charge < -0.3 is 19.0 Å². The fourth-order valence-electron chi connectivity index (χ4n) is 2.83. The van der Waals surface area contributed by atoms with E-state index in [0.717, 1.165) is 24.4 Å². The number of hydrogen-bond donors (Lipinski definition) is 0. The Balaban J connectivity index is 1.54. The second-order valence-electron chi connectivity index (χ2n) is 6.13. The summed E-state index contributed by atoms with van der Waals surface area (Å²) in [6.45, 7) is 2.61. The van der Waals surface area contributed by atoms with E-state index in [4.69, 9.17) is 9.15 Å². The lowest BCUT2D eigenvalue weighted by Gasteiger charge is -2.23. The molecule has 1 unspecified atom stereocenters. The highest BCUT2D eigenvalue weighted by atomic mass is 16.5. The van der Waals surface area contributed by atoms with E-state index >= 15 is 0 Å². The van der Waals surface area contributed by atoms with Crippen LogP contribution in [0.2, 0.25) is 0 Å². The number of amides is 2. The van der Waals surface area contributed by atoms with Crippen molar-refractivity contribution in [2.45, 2.75) is 25.8 Å². The van der Waals surface area contributed by atoms with Crippen LogP contribution in [0.25, 0.3) is 0 Å². The number of rotatable bonds is 6. The Morgan fingerprint density at radius 2 is 2.08 bits per heavy atom. The zero-order valence-electron chi connectivity index (χ0n) is 14.5. The second-order valence-corrected chi connectivity index (χ2v) is 6.13. The number of carbonyl (C=O) groups excluding carboxylic acids is 2. The number of ether oxygens (including phenoxy) is 1. The highest BCUT2D eigenvalue weighted by Crippen LogP contribution is 2.24. The zero-order chi connectivity index (χ0) is 17.8. The van der Waals surface area contributed by atoms with Gasteiger partial charge in [-0.05, 0) is 49.7 Å². The van der Waals surface area contributed by atoms with Gasteiger partial charge in [-0.2, -0.15) is 0 Å². The molecule has 6 heteroatoms. The molecule has 1 aliphatic heterocycles. The molecular formula is C19H22N2O4. The number of nitrogens with zero attached hydrogens (tertiary/aromatic N) is 2. The van der Waals surface area contributed by atoms with Gasteiger partial charge in [0.25, 0.3) is 5.91 Å². The highest BCUT2D eigenvalue weighted by molar-refractivity contribution is 5.95. The lowest BCUT2D eigenvalue weighted by Crippen LogP contribution is -2.33. The molecule has 0 N–H and O–H groups in total. The molecule has 25 heavy (non-hydrogen) atoms. The Hall–Kier alpha value is -2.76. The predicted molar refractivity (Wildman–Crippen MR) is 93.4 cm³/mol. The lowest BCUT2D eigenvalue weighted by atomic mass is 10.2. The SMILES string of the molecule is CC(c1ccco1)N(C)C(=O)COc1ccc(N2CCCC2=O)cc1. The molecule has 1 atom stereocenters. The maximum absolute atomic E-state index is 12.3. The maximum Gasteiger partial charge on any atom is 0.260 e. The van der Waals surface area contributed by atoms with Crippen LogP contribution in [0.15, 0.2) is 47.1 Å². The molecule has 3 rings (SSSR count). The van der Waals surface area contributed by atoms with Gasteiger partial charge in [0.2, 0.25) is 5.91 Å². The summed E-state index contributed by atoms with van der Waals surface area (Å²) >= 11 is 0. The van der Waals surface area contributed by atoms with Crippen molar-refractivity contribution >= 4 is 17.5 Å². The first-order chi connectivity index (χ1) is 12.1. The van der Waals surface area contributed by atoms with Gasteiger partial charge in [-0.15, -0.1) is 0 Å². The molecule has 1 saturated heterocycles. The fraction of sp³-hybridized carbons (Fsp3) is 0.368.